The van der Waals surface area contributed by atoms with Crippen LogP contribution in [0, 0.1) is 5.92 Å². The Morgan fingerprint density at radius 1 is 1.62 bits per heavy atom. The van der Waals surface area contributed by atoms with E-state index in [-0.39, 0.29) is 22.6 Å². The molecule has 1 heterocycles. The zero-order valence-electron chi connectivity index (χ0n) is 10.6. The molecule has 0 spiro atoms. The van der Waals surface area contributed by atoms with Crippen LogP contribution in [0.4, 0.5) is 0 Å². The zero-order valence-corrected chi connectivity index (χ0v) is 11.4. The predicted molar refractivity (Wildman–Crippen MR) is 70.5 cm³/mol. The first-order chi connectivity index (χ1) is 7.48. The molecular formula is C12H24N2OS. The maximum atomic E-state index is 11.8. The molecule has 0 aliphatic carbocycles. The lowest BCUT2D eigenvalue weighted by atomic mass is 9.99. The lowest BCUT2D eigenvalue weighted by Gasteiger charge is -2.25. The molecule has 0 aromatic rings. The molecule has 94 valence electrons. The molecule has 0 bridgehead atoms. The SMILES string of the molecule is CCC(C)[C@H](N)C(=O)NCC1(C)CCCS1. The van der Waals surface area contributed by atoms with Crippen molar-refractivity contribution in [1.82, 2.24) is 5.32 Å². The molecule has 1 amide bonds. The minimum absolute atomic E-state index is 0.00285. The molecule has 1 saturated heterocycles. The molecule has 1 fully saturated rings. The number of amides is 1. The standard InChI is InChI=1S/C12H24N2OS/c1-4-9(2)10(13)11(15)14-8-12(3)6-5-7-16-12/h9-10H,4-8,13H2,1-3H3,(H,14,15)/t9?,10-,12?/m0/s1. The third kappa shape index (κ3) is 3.67. The van der Waals surface area contributed by atoms with Crippen molar-refractivity contribution in [2.75, 3.05) is 12.3 Å². The normalized spacial score (nSPS) is 28.8. The van der Waals surface area contributed by atoms with Crippen LogP contribution in [0.15, 0.2) is 0 Å². The maximum absolute atomic E-state index is 11.8. The summed E-state index contributed by atoms with van der Waals surface area (Å²) in [7, 11) is 0. The van der Waals surface area contributed by atoms with Gasteiger partial charge in [-0.25, -0.2) is 0 Å². The second-order valence-electron chi connectivity index (χ2n) is 5.03. The van der Waals surface area contributed by atoms with E-state index >= 15 is 0 Å². The Morgan fingerprint density at radius 3 is 2.81 bits per heavy atom. The van der Waals surface area contributed by atoms with E-state index in [4.69, 9.17) is 5.73 Å². The van der Waals surface area contributed by atoms with Gasteiger partial charge < -0.3 is 11.1 Å². The van der Waals surface area contributed by atoms with Gasteiger partial charge in [0.15, 0.2) is 0 Å². The summed E-state index contributed by atoms with van der Waals surface area (Å²) in [5.74, 6) is 1.47. The van der Waals surface area contributed by atoms with Crippen LogP contribution in [0.2, 0.25) is 0 Å². The van der Waals surface area contributed by atoms with Gasteiger partial charge in [0.2, 0.25) is 5.91 Å². The number of rotatable bonds is 5. The molecule has 1 rings (SSSR count). The number of carbonyl (C=O) groups excluding carboxylic acids is 1. The Balaban J connectivity index is 2.34. The fourth-order valence-electron chi connectivity index (χ4n) is 1.88. The maximum Gasteiger partial charge on any atom is 0.237 e. The van der Waals surface area contributed by atoms with Crippen molar-refractivity contribution < 1.29 is 4.79 Å². The average molecular weight is 244 g/mol. The topological polar surface area (TPSA) is 55.1 Å². The molecule has 3 atom stereocenters. The molecule has 0 saturated carbocycles. The molecule has 4 heteroatoms. The van der Waals surface area contributed by atoms with Crippen molar-refractivity contribution in [3.8, 4) is 0 Å². The zero-order chi connectivity index (χ0) is 12.2. The van der Waals surface area contributed by atoms with Crippen molar-refractivity contribution in [3.63, 3.8) is 0 Å². The van der Waals surface area contributed by atoms with Crippen molar-refractivity contribution in [2.45, 2.75) is 50.8 Å². The summed E-state index contributed by atoms with van der Waals surface area (Å²) < 4.78 is 0.227. The molecule has 3 nitrogen and oxygen atoms in total. The van der Waals surface area contributed by atoms with Crippen molar-refractivity contribution >= 4 is 17.7 Å². The van der Waals surface area contributed by atoms with E-state index in [9.17, 15) is 4.79 Å². The van der Waals surface area contributed by atoms with Gasteiger partial charge in [0.05, 0.1) is 6.04 Å². The Bertz CT molecular complexity index is 239. The van der Waals surface area contributed by atoms with E-state index < -0.39 is 0 Å². The third-order valence-electron chi connectivity index (χ3n) is 3.50. The monoisotopic (exact) mass is 244 g/mol. The quantitative estimate of drug-likeness (QED) is 0.775. The summed E-state index contributed by atoms with van der Waals surface area (Å²) >= 11 is 1.96. The highest BCUT2D eigenvalue weighted by Gasteiger charge is 2.30. The molecule has 0 aromatic heterocycles. The van der Waals surface area contributed by atoms with Gasteiger partial charge in [-0.05, 0) is 31.4 Å². The first kappa shape index (κ1) is 13.8. The van der Waals surface area contributed by atoms with E-state index in [1.54, 1.807) is 0 Å². The Labute approximate surface area is 103 Å². The second-order valence-corrected chi connectivity index (χ2v) is 6.71. The minimum atomic E-state index is -0.361. The number of thioether (sulfide) groups is 1. The molecule has 0 radical (unpaired) electrons. The number of hydrogen-bond acceptors (Lipinski definition) is 3. The van der Waals surface area contributed by atoms with Crippen LogP contribution in [-0.4, -0.2) is 29.0 Å². The largest absolute Gasteiger partial charge is 0.353 e. The third-order valence-corrected chi connectivity index (χ3v) is 5.03. The van der Waals surface area contributed by atoms with Gasteiger partial charge in [0, 0.05) is 11.3 Å². The van der Waals surface area contributed by atoms with Gasteiger partial charge in [-0.15, -0.1) is 0 Å². The van der Waals surface area contributed by atoms with E-state index in [0.29, 0.717) is 0 Å². The Kier molecular flexibility index (Phi) is 5.12. The highest BCUT2D eigenvalue weighted by molar-refractivity contribution is 8.00. The summed E-state index contributed by atoms with van der Waals surface area (Å²) in [5, 5.41) is 3.00. The second kappa shape index (κ2) is 5.92. The van der Waals surface area contributed by atoms with Crippen LogP contribution in [-0.2, 0) is 4.79 Å². The van der Waals surface area contributed by atoms with Crippen LogP contribution in [0.25, 0.3) is 0 Å². The van der Waals surface area contributed by atoms with Gasteiger partial charge in [-0.2, -0.15) is 11.8 Å². The first-order valence-electron chi connectivity index (χ1n) is 6.16. The summed E-state index contributed by atoms with van der Waals surface area (Å²) in [6.07, 6.45) is 3.39. The van der Waals surface area contributed by atoms with Crippen molar-refractivity contribution in [2.24, 2.45) is 11.7 Å². The van der Waals surface area contributed by atoms with E-state index in [1.807, 2.05) is 18.7 Å². The van der Waals surface area contributed by atoms with Gasteiger partial charge in [-0.1, -0.05) is 20.3 Å². The minimum Gasteiger partial charge on any atom is -0.353 e. The lowest BCUT2D eigenvalue weighted by Crippen LogP contribution is -2.48. The van der Waals surface area contributed by atoms with Gasteiger partial charge in [0.25, 0.3) is 0 Å². The smallest absolute Gasteiger partial charge is 0.237 e. The van der Waals surface area contributed by atoms with Crippen LogP contribution in [0.3, 0.4) is 0 Å². The fourth-order valence-corrected chi connectivity index (χ4v) is 3.12. The lowest BCUT2D eigenvalue weighted by molar-refractivity contribution is -0.123. The predicted octanol–water partition coefficient (Wildman–Crippen LogP) is 1.76. The Morgan fingerprint density at radius 2 is 2.31 bits per heavy atom. The molecule has 0 aromatic carbocycles. The summed E-state index contributed by atoms with van der Waals surface area (Å²) in [6.45, 7) is 7.06. The van der Waals surface area contributed by atoms with Gasteiger partial charge in [-0.3, -0.25) is 4.79 Å². The van der Waals surface area contributed by atoms with Gasteiger partial charge in [0.1, 0.15) is 0 Å². The van der Waals surface area contributed by atoms with Crippen LogP contribution >= 0.6 is 11.8 Å². The number of nitrogens with one attached hydrogen (secondary N) is 1. The summed E-state index contributed by atoms with van der Waals surface area (Å²) in [6, 6.07) is -0.361. The highest BCUT2D eigenvalue weighted by Crippen LogP contribution is 2.36. The van der Waals surface area contributed by atoms with Gasteiger partial charge >= 0.3 is 0 Å². The van der Waals surface area contributed by atoms with E-state index in [0.717, 1.165) is 13.0 Å². The highest BCUT2D eigenvalue weighted by atomic mass is 32.2. The van der Waals surface area contributed by atoms with E-state index in [2.05, 4.69) is 19.2 Å². The molecule has 3 N–H and O–H groups in total. The number of carbonyl (C=O) groups is 1. The van der Waals surface area contributed by atoms with Crippen molar-refractivity contribution in [3.05, 3.63) is 0 Å². The summed E-state index contributed by atoms with van der Waals surface area (Å²) in [4.78, 5) is 11.8. The number of nitrogens with two attached hydrogens (primary N) is 1. The molecule has 1 aliphatic rings. The first-order valence-corrected chi connectivity index (χ1v) is 7.14. The molecular weight excluding hydrogens is 220 g/mol. The fraction of sp³-hybridized carbons (Fsp3) is 0.917. The van der Waals surface area contributed by atoms with Crippen LogP contribution < -0.4 is 11.1 Å². The Hall–Kier alpha value is -0.220. The van der Waals surface area contributed by atoms with Crippen LogP contribution in [0.1, 0.15) is 40.0 Å². The number of hydrogen-bond donors (Lipinski definition) is 2. The molecule has 2 unspecified atom stereocenters. The van der Waals surface area contributed by atoms with Crippen molar-refractivity contribution in [1.29, 1.82) is 0 Å². The summed E-state index contributed by atoms with van der Waals surface area (Å²) in [5.41, 5.74) is 5.88. The molecule has 1 aliphatic heterocycles. The van der Waals surface area contributed by atoms with E-state index in [1.165, 1.54) is 18.6 Å². The average Bonchev–Trinajstić information content (AvgIpc) is 2.71. The van der Waals surface area contributed by atoms with Crippen LogP contribution in [0.5, 0.6) is 0 Å². The molecule has 16 heavy (non-hydrogen) atoms.